The van der Waals surface area contributed by atoms with Crippen LogP contribution >= 0.6 is 11.8 Å². The maximum Gasteiger partial charge on any atom is 0.0497 e. The van der Waals surface area contributed by atoms with E-state index >= 15 is 0 Å². The minimum absolute atomic E-state index is 0.231. The van der Waals surface area contributed by atoms with E-state index in [1.54, 1.807) is 0 Å². The van der Waals surface area contributed by atoms with Gasteiger partial charge < -0.3 is 5.11 Å². The van der Waals surface area contributed by atoms with Crippen molar-refractivity contribution >= 4 is 11.8 Å². The fourth-order valence-electron chi connectivity index (χ4n) is 1.36. The van der Waals surface area contributed by atoms with E-state index < -0.39 is 0 Å². The first-order valence-corrected chi connectivity index (χ1v) is 6.05. The molecule has 0 heterocycles. The smallest absolute Gasteiger partial charge is 0.0497 e. The van der Waals surface area contributed by atoms with Crippen LogP contribution in [0, 0.1) is 0 Å². The predicted molar refractivity (Wildman–Crippen MR) is 60.8 cm³/mol. The molecule has 0 amide bonds. The van der Waals surface area contributed by atoms with Crippen molar-refractivity contribution in [3.63, 3.8) is 0 Å². The largest absolute Gasteiger partial charge is 0.396 e. The van der Waals surface area contributed by atoms with Gasteiger partial charge in [-0.05, 0) is 30.5 Å². The fourth-order valence-corrected chi connectivity index (χ4v) is 2.41. The van der Waals surface area contributed by atoms with Crippen LogP contribution in [0.25, 0.3) is 0 Å². The zero-order chi connectivity index (χ0) is 9.97. The summed E-state index contributed by atoms with van der Waals surface area (Å²) in [6.07, 6.45) is 2.75. The molecule has 1 fully saturated rings. The molecule has 1 aliphatic rings. The molecule has 0 aliphatic heterocycles. The second kappa shape index (κ2) is 4.37. The molecular formula is C12H16OS. The fraction of sp³-hybridized carbons (Fsp3) is 0.500. The first-order chi connectivity index (χ1) is 6.79. The second-order valence-electron chi connectivity index (χ2n) is 3.97. The van der Waals surface area contributed by atoms with Gasteiger partial charge in [-0.1, -0.05) is 19.1 Å². The van der Waals surface area contributed by atoms with Crippen molar-refractivity contribution in [2.24, 2.45) is 0 Å². The number of aliphatic hydroxyl groups excluding tert-OH is 1. The van der Waals surface area contributed by atoms with E-state index in [4.69, 9.17) is 5.11 Å². The van der Waals surface area contributed by atoms with Crippen molar-refractivity contribution in [3.05, 3.63) is 29.8 Å². The molecule has 1 aromatic carbocycles. The van der Waals surface area contributed by atoms with Gasteiger partial charge in [-0.3, -0.25) is 0 Å². The van der Waals surface area contributed by atoms with E-state index in [-0.39, 0.29) is 12.5 Å². The summed E-state index contributed by atoms with van der Waals surface area (Å²) in [5.41, 5.74) is 1.23. The topological polar surface area (TPSA) is 20.2 Å². The molecule has 2 rings (SSSR count). The van der Waals surface area contributed by atoms with E-state index in [1.165, 1.54) is 23.3 Å². The molecule has 1 unspecified atom stereocenters. The van der Waals surface area contributed by atoms with Crippen LogP contribution in [-0.4, -0.2) is 17.0 Å². The lowest BCUT2D eigenvalue weighted by Crippen LogP contribution is -1.97. The van der Waals surface area contributed by atoms with Crippen LogP contribution in [0.2, 0.25) is 0 Å². The SMILES string of the molecule is CC(CO)c1ccc(SC2CC2)cc1. The van der Waals surface area contributed by atoms with Gasteiger partial charge >= 0.3 is 0 Å². The lowest BCUT2D eigenvalue weighted by molar-refractivity contribution is 0.273. The summed E-state index contributed by atoms with van der Waals surface area (Å²) < 4.78 is 0. The zero-order valence-corrected chi connectivity index (χ0v) is 9.26. The maximum absolute atomic E-state index is 9.01. The van der Waals surface area contributed by atoms with Gasteiger partial charge in [0.2, 0.25) is 0 Å². The van der Waals surface area contributed by atoms with Crippen LogP contribution in [0.5, 0.6) is 0 Å². The van der Waals surface area contributed by atoms with Gasteiger partial charge in [0.25, 0.3) is 0 Å². The van der Waals surface area contributed by atoms with Crippen LogP contribution in [-0.2, 0) is 0 Å². The Kier molecular flexibility index (Phi) is 3.14. The normalized spacial score (nSPS) is 18.1. The molecule has 1 atom stereocenters. The van der Waals surface area contributed by atoms with E-state index in [9.17, 15) is 0 Å². The molecule has 1 saturated carbocycles. The third-order valence-corrected chi connectivity index (χ3v) is 3.90. The van der Waals surface area contributed by atoms with E-state index in [1.807, 2.05) is 18.7 Å². The highest BCUT2D eigenvalue weighted by Crippen LogP contribution is 2.39. The molecule has 0 saturated heterocycles. The second-order valence-corrected chi connectivity index (χ2v) is 5.34. The molecule has 0 radical (unpaired) electrons. The third-order valence-electron chi connectivity index (χ3n) is 2.55. The first-order valence-electron chi connectivity index (χ1n) is 5.17. The van der Waals surface area contributed by atoms with Crippen LogP contribution in [0.3, 0.4) is 0 Å². The standard InChI is InChI=1S/C12H16OS/c1-9(8-13)10-2-4-11(5-3-10)14-12-6-7-12/h2-5,9,12-13H,6-8H2,1H3. The molecule has 76 valence electrons. The Morgan fingerprint density at radius 2 is 2.00 bits per heavy atom. The van der Waals surface area contributed by atoms with E-state index in [0.29, 0.717) is 0 Å². The zero-order valence-electron chi connectivity index (χ0n) is 8.44. The summed E-state index contributed by atoms with van der Waals surface area (Å²) >= 11 is 1.98. The van der Waals surface area contributed by atoms with Crippen LogP contribution in [0.4, 0.5) is 0 Å². The minimum atomic E-state index is 0.231. The monoisotopic (exact) mass is 208 g/mol. The van der Waals surface area contributed by atoms with Gasteiger partial charge in [-0.25, -0.2) is 0 Å². The van der Waals surface area contributed by atoms with E-state index in [2.05, 4.69) is 24.3 Å². The lowest BCUT2D eigenvalue weighted by atomic mass is 10.0. The predicted octanol–water partition coefficient (Wildman–Crippen LogP) is 3.04. The molecule has 1 N–H and O–H groups in total. The van der Waals surface area contributed by atoms with Crippen molar-refractivity contribution in [1.82, 2.24) is 0 Å². The number of aliphatic hydroxyl groups is 1. The van der Waals surface area contributed by atoms with Crippen molar-refractivity contribution in [3.8, 4) is 0 Å². The van der Waals surface area contributed by atoms with Crippen molar-refractivity contribution in [1.29, 1.82) is 0 Å². The summed E-state index contributed by atoms with van der Waals surface area (Å²) in [6, 6.07) is 8.60. The molecule has 14 heavy (non-hydrogen) atoms. The highest BCUT2D eigenvalue weighted by Gasteiger charge is 2.22. The van der Waals surface area contributed by atoms with Gasteiger partial charge in [-0.15, -0.1) is 11.8 Å². The summed E-state index contributed by atoms with van der Waals surface area (Å²) in [6.45, 7) is 2.28. The quantitative estimate of drug-likeness (QED) is 0.820. The molecule has 0 spiro atoms. The molecule has 0 aromatic heterocycles. The number of rotatable bonds is 4. The number of benzene rings is 1. The molecule has 0 bridgehead atoms. The van der Waals surface area contributed by atoms with Crippen LogP contribution in [0.15, 0.2) is 29.2 Å². The molecule has 1 nitrogen and oxygen atoms in total. The highest BCUT2D eigenvalue weighted by molar-refractivity contribution is 8.00. The molecular weight excluding hydrogens is 192 g/mol. The van der Waals surface area contributed by atoms with Crippen molar-refractivity contribution in [2.75, 3.05) is 6.61 Å². The number of hydrogen-bond acceptors (Lipinski definition) is 2. The Morgan fingerprint density at radius 3 is 2.50 bits per heavy atom. The number of thioether (sulfide) groups is 1. The van der Waals surface area contributed by atoms with Crippen LogP contribution in [0.1, 0.15) is 31.2 Å². The van der Waals surface area contributed by atoms with Crippen molar-refractivity contribution < 1.29 is 5.11 Å². The van der Waals surface area contributed by atoms with Crippen molar-refractivity contribution in [2.45, 2.75) is 35.8 Å². The third kappa shape index (κ3) is 2.52. The van der Waals surface area contributed by atoms with Gasteiger partial charge in [0.15, 0.2) is 0 Å². The Morgan fingerprint density at radius 1 is 1.36 bits per heavy atom. The van der Waals surface area contributed by atoms with Gasteiger partial charge in [0, 0.05) is 22.7 Å². The molecule has 1 aliphatic carbocycles. The maximum atomic E-state index is 9.01. The Bertz CT molecular complexity index is 290. The Labute approximate surface area is 89.5 Å². The first kappa shape index (κ1) is 10.1. The summed E-state index contributed by atoms with van der Waals surface area (Å²) in [5.74, 6) is 0.259. The Balaban J connectivity index is 2.01. The summed E-state index contributed by atoms with van der Waals surface area (Å²) in [7, 11) is 0. The average Bonchev–Trinajstić information content (AvgIpc) is 3.02. The summed E-state index contributed by atoms with van der Waals surface area (Å²) in [5, 5.41) is 9.88. The Hall–Kier alpha value is -0.470. The molecule has 1 aromatic rings. The average molecular weight is 208 g/mol. The van der Waals surface area contributed by atoms with Gasteiger partial charge in [-0.2, -0.15) is 0 Å². The minimum Gasteiger partial charge on any atom is -0.396 e. The van der Waals surface area contributed by atoms with Gasteiger partial charge in [0.05, 0.1) is 0 Å². The van der Waals surface area contributed by atoms with Crippen LogP contribution < -0.4 is 0 Å². The lowest BCUT2D eigenvalue weighted by Gasteiger charge is -2.08. The highest BCUT2D eigenvalue weighted by atomic mass is 32.2. The number of hydrogen-bond donors (Lipinski definition) is 1. The van der Waals surface area contributed by atoms with E-state index in [0.717, 1.165) is 5.25 Å². The molecule has 2 heteroatoms. The summed E-state index contributed by atoms with van der Waals surface area (Å²) in [4.78, 5) is 1.36. The van der Waals surface area contributed by atoms with Gasteiger partial charge in [0.1, 0.15) is 0 Å².